The molecular formula is C27H33N3O4. The smallest absolute Gasteiger partial charge is 0.323 e. The number of aliphatic carboxylic acids is 1. The minimum absolute atomic E-state index is 0.0783. The molecule has 0 aliphatic heterocycles. The fourth-order valence-corrected chi connectivity index (χ4v) is 5.61. The van der Waals surface area contributed by atoms with E-state index in [-0.39, 0.29) is 24.3 Å². The van der Waals surface area contributed by atoms with Crippen LogP contribution in [0.3, 0.4) is 0 Å². The summed E-state index contributed by atoms with van der Waals surface area (Å²) in [5.41, 5.74) is 9.26. The molecule has 2 aromatic carbocycles. The lowest BCUT2D eigenvalue weighted by atomic mass is 9.62. The normalized spacial score (nSPS) is 24.2. The van der Waals surface area contributed by atoms with E-state index >= 15 is 0 Å². The summed E-state index contributed by atoms with van der Waals surface area (Å²) < 4.78 is 0. The molecule has 4 unspecified atom stereocenters. The number of nitrogens with one attached hydrogen (secondary N) is 2. The third-order valence-corrected chi connectivity index (χ3v) is 7.40. The number of rotatable bonds is 7. The zero-order valence-corrected chi connectivity index (χ0v) is 19.3. The average Bonchev–Trinajstić information content (AvgIpc) is 2.84. The highest BCUT2D eigenvalue weighted by Crippen LogP contribution is 2.46. The highest BCUT2D eigenvalue weighted by Gasteiger charge is 2.41. The van der Waals surface area contributed by atoms with Crippen LogP contribution in [0.25, 0.3) is 0 Å². The quantitative estimate of drug-likeness (QED) is 0.453. The summed E-state index contributed by atoms with van der Waals surface area (Å²) in [5.74, 6) is 0.273. The summed E-state index contributed by atoms with van der Waals surface area (Å²) in [6, 6.07) is 15.1. The van der Waals surface area contributed by atoms with Crippen LogP contribution in [0.2, 0.25) is 0 Å². The van der Waals surface area contributed by atoms with Crippen LogP contribution in [0.15, 0.2) is 48.5 Å². The van der Waals surface area contributed by atoms with E-state index in [1.165, 1.54) is 5.56 Å². The molecular weight excluding hydrogens is 430 g/mol. The summed E-state index contributed by atoms with van der Waals surface area (Å²) in [7, 11) is 0. The van der Waals surface area contributed by atoms with Crippen molar-refractivity contribution in [3.05, 3.63) is 59.7 Å². The lowest BCUT2D eigenvalue weighted by Crippen LogP contribution is -2.38. The average molecular weight is 464 g/mol. The van der Waals surface area contributed by atoms with E-state index in [1.807, 2.05) is 36.4 Å². The minimum Gasteiger partial charge on any atom is -0.481 e. The van der Waals surface area contributed by atoms with Gasteiger partial charge in [0.05, 0.1) is 0 Å². The summed E-state index contributed by atoms with van der Waals surface area (Å²) in [6.45, 7) is 0.417. The largest absolute Gasteiger partial charge is 0.481 e. The zero-order valence-electron chi connectivity index (χ0n) is 19.3. The molecule has 2 aliphatic carbocycles. The number of hydrogen-bond donors (Lipinski definition) is 4. The molecule has 4 atom stereocenters. The third kappa shape index (κ3) is 5.83. The molecule has 2 aliphatic rings. The molecule has 0 aromatic heterocycles. The fraction of sp³-hybridized carbons (Fsp3) is 0.444. The highest BCUT2D eigenvalue weighted by atomic mass is 16.4. The molecule has 5 N–H and O–H groups in total. The molecule has 0 spiro atoms. The number of ketones is 1. The van der Waals surface area contributed by atoms with Gasteiger partial charge in [-0.05, 0) is 85.8 Å². The van der Waals surface area contributed by atoms with Gasteiger partial charge in [-0.3, -0.25) is 9.59 Å². The van der Waals surface area contributed by atoms with Crippen molar-refractivity contribution in [2.24, 2.45) is 23.5 Å². The predicted molar refractivity (Wildman–Crippen MR) is 132 cm³/mol. The van der Waals surface area contributed by atoms with E-state index in [4.69, 9.17) is 10.8 Å². The number of Topliss-reactive ketones (excluding diaryl/α,β-unsaturated/α-hetero) is 1. The Balaban J connectivity index is 1.30. The molecule has 2 fully saturated rings. The second-order valence-corrected chi connectivity index (χ2v) is 9.59. The maximum absolute atomic E-state index is 12.9. The first-order valence-electron chi connectivity index (χ1n) is 12.2. The minimum atomic E-state index is -0.824. The molecule has 180 valence electrons. The molecule has 0 heterocycles. The molecule has 34 heavy (non-hydrogen) atoms. The zero-order chi connectivity index (χ0) is 24.1. The van der Waals surface area contributed by atoms with Crippen LogP contribution >= 0.6 is 0 Å². The maximum atomic E-state index is 12.9. The van der Waals surface area contributed by atoms with Gasteiger partial charge in [0.15, 0.2) is 0 Å². The Morgan fingerprint density at radius 1 is 0.971 bits per heavy atom. The second kappa shape index (κ2) is 10.8. The number of hydrogen-bond acceptors (Lipinski definition) is 4. The van der Waals surface area contributed by atoms with Gasteiger partial charge in [0, 0.05) is 36.2 Å². The number of benzene rings is 2. The standard InChI is InChI=1S/C27H33N3O4/c28-16-17-2-1-3-23(14-17)30-27(34)29-22-10-6-18(7-11-22)20-8-12-24-21(15-20)5-4-19(26(24)33)9-13-25(31)32/h1-3,6-7,10-11,14,19-21,24H,4-5,8-9,12-13,15-16,28H2,(H,31,32)(H2,29,30,34). The van der Waals surface area contributed by atoms with E-state index in [1.54, 1.807) is 0 Å². The Labute approximate surface area is 200 Å². The van der Waals surface area contributed by atoms with Gasteiger partial charge in [0.1, 0.15) is 5.78 Å². The van der Waals surface area contributed by atoms with Crippen molar-refractivity contribution in [1.29, 1.82) is 0 Å². The second-order valence-electron chi connectivity index (χ2n) is 9.59. The molecule has 0 bridgehead atoms. The lowest BCUT2D eigenvalue weighted by molar-refractivity contribution is -0.138. The summed E-state index contributed by atoms with van der Waals surface area (Å²) in [4.78, 5) is 36.1. The Morgan fingerprint density at radius 2 is 1.74 bits per heavy atom. The van der Waals surface area contributed by atoms with Crippen molar-refractivity contribution < 1.29 is 19.5 Å². The molecule has 7 heteroatoms. The van der Waals surface area contributed by atoms with Crippen LogP contribution in [-0.4, -0.2) is 22.9 Å². The first-order chi connectivity index (χ1) is 16.4. The number of urea groups is 1. The molecule has 4 rings (SSSR count). The van der Waals surface area contributed by atoms with Crippen molar-refractivity contribution in [3.63, 3.8) is 0 Å². The van der Waals surface area contributed by atoms with Crippen molar-refractivity contribution >= 4 is 29.2 Å². The van der Waals surface area contributed by atoms with Crippen LogP contribution in [0, 0.1) is 17.8 Å². The fourth-order valence-electron chi connectivity index (χ4n) is 5.61. The number of amides is 2. The van der Waals surface area contributed by atoms with E-state index < -0.39 is 5.97 Å². The number of carboxylic acid groups (broad SMARTS) is 1. The van der Waals surface area contributed by atoms with E-state index in [0.717, 1.165) is 43.4 Å². The first kappa shape index (κ1) is 24.0. The SMILES string of the molecule is NCc1cccc(NC(=O)Nc2ccc(C3CCC4C(=O)C(CCC(=O)O)CCC4C3)cc2)c1. The topological polar surface area (TPSA) is 122 Å². The number of carbonyl (C=O) groups is 3. The van der Waals surface area contributed by atoms with Gasteiger partial charge in [0.2, 0.25) is 0 Å². The molecule has 7 nitrogen and oxygen atoms in total. The number of anilines is 2. The first-order valence-corrected chi connectivity index (χ1v) is 12.2. The van der Waals surface area contributed by atoms with E-state index in [2.05, 4.69) is 22.8 Å². The van der Waals surface area contributed by atoms with Gasteiger partial charge in [-0.15, -0.1) is 0 Å². The van der Waals surface area contributed by atoms with Gasteiger partial charge in [-0.1, -0.05) is 24.3 Å². The Hall–Kier alpha value is -3.19. The maximum Gasteiger partial charge on any atom is 0.323 e. The van der Waals surface area contributed by atoms with Crippen LogP contribution in [0.5, 0.6) is 0 Å². The Morgan fingerprint density at radius 3 is 2.47 bits per heavy atom. The summed E-state index contributed by atoms with van der Waals surface area (Å²) in [5, 5.41) is 14.6. The van der Waals surface area contributed by atoms with E-state index in [9.17, 15) is 14.4 Å². The van der Waals surface area contributed by atoms with Crippen molar-refractivity contribution in [3.8, 4) is 0 Å². The van der Waals surface area contributed by atoms with Crippen LogP contribution in [-0.2, 0) is 16.1 Å². The number of carboxylic acids is 1. The van der Waals surface area contributed by atoms with Gasteiger partial charge in [-0.25, -0.2) is 4.79 Å². The van der Waals surface area contributed by atoms with Gasteiger partial charge < -0.3 is 21.5 Å². The van der Waals surface area contributed by atoms with Crippen LogP contribution < -0.4 is 16.4 Å². The molecule has 0 saturated heterocycles. The monoisotopic (exact) mass is 463 g/mol. The molecule has 2 amide bonds. The Bertz CT molecular complexity index is 1040. The molecule has 2 saturated carbocycles. The van der Waals surface area contributed by atoms with Gasteiger partial charge >= 0.3 is 12.0 Å². The number of fused-ring (bicyclic) bond motifs is 1. The van der Waals surface area contributed by atoms with E-state index in [0.29, 0.717) is 36.3 Å². The van der Waals surface area contributed by atoms with Crippen molar-refractivity contribution in [2.45, 2.75) is 57.4 Å². The number of nitrogens with two attached hydrogens (primary N) is 1. The third-order valence-electron chi connectivity index (χ3n) is 7.40. The summed E-state index contributed by atoms with van der Waals surface area (Å²) >= 11 is 0. The Kier molecular flexibility index (Phi) is 7.63. The van der Waals surface area contributed by atoms with Crippen molar-refractivity contribution in [2.75, 3.05) is 10.6 Å². The van der Waals surface area contributed by atoms with Crippen LogP contribution in [0.4, 0.5) is 16.2 Å². The lowest BCUT2D eigenvalue weighted by Gasteiger charge is -2.41. The summed E-state index contributed by atoms with van der Waals surface area (Å²) in [6.07, 6.45) is 5.20. The predicted octanol–water partition coefficient (Wildman–Crippen LogP) is 5.13. The van der Waals surface area contributed by atoms with Crippen molar-refractivity contribution in [1.82, 2.24) is 0 Å². The molecule has 0 radical (unpaired) electrons. The van der Waals surface area contributed by atoms with Gasteiger partial charge in [0.25, 0.3) is 0 Å². The highest BCUT2D eigenvalue weighted by molar-refractivity contribution is 5.99. The number of carbonyl (C=O) groups excluding carboxylic acids is 2. The van der Waals surface area contributed by atoms with Crippen LogP contribution in [0.1, 0.15) is 62.0 Å². The molecule has 2 aromatic rings. The van der Waals surface area contributed by atoms with Gasteiger partial charge in [-0.2, -0.15) is 0 Å².